The Kier molecular flexibility index (Phi) is 6.31. The van der Waals surface area contributed by atoms with Gasteiger partial charge in [0.15, 0.2) is 10.1 Å². The van der Waals surface area contributed by atoms with E-state index in [0.29, 0.717) is 18.7 Å². The summed E-state index contributed by atoms with van der Waals surface area (Å²) >= 11 is 0. The zero-order valence-electron chi connectivity index (χ0n) is 10.8. The van der Waals surface area contributed by atoms with Crippen LogP contribution in [0.25, 0.3) is 0 Å². The first-order valence-corrected chi connectivity index (χ1v) is 6.77. The molecule has 1 heterocycles. The molecule has 0 aliphatic carbocycles. The van der Waals surface area contributed by atoms with Gasteiger partial charge < -0.3 is 9.12 Å². The third-order valence-electron chi connectivity index (χ3n) is 2.63. The molecule has 1 aromatic heterocycles. The second-order valence-corrected chi connectivity index (χ2v) is 5.17. The Bertz CT molecular complexity index is 640. The van der Waals surface area contributed by atoms with Crippen molar-refractivity contribution < 1.29 is 64.4 Å². The van der Waals surface area contributed by atoms with E-state index in [0.717, 1.165) is 5.56 Å². The molecule has 0 radical (unpaired) electrons. The van der Waals surface area contributed by atoms with Crippen molar-refractivity contribution in [3.63, 3.8) is 0 Å². The molecule has 0 spiro atoms. The topological polar surface area (TPSA) is 87.9 Å². The predicted molar refractivity (Wildman–Crippen MR) is 62.8 cm³/mol. The van der Waals surface area contributed by atoms with Gasteiger partial charge in [-0.25, -0.2) is 8.42 Å². The van der Waals surface area contributed by atoms with Crippen LogP contribution in [-0.4, -0.2) is 27.7 Å². The van der Waals surface area contributed by atoms with E-state index in [4.69, 9.17) is 0 Å². The number of aromatic nitrogens is 3. The van der Waals surface area contributed by atoms with Gasteiger partial charge in [0.25, 0.3) is 0 Å². The molecule has 0 unspecified atom stereocenters. The number of hydrogen-bond acceptors (Lipinski definition) is 5. The molecule has 6 nitrogen and oxygen atoms in total. The maximum Gasteiger partial charge on any atom is 1.00 e. The first-order valence-electron chi connectivity index (χ1n) is 5.36. The molecular weight excluding hydrogens is 293 g/mol. The van der Waals surface area contributed by atoms with Crippen LogP contribution >= 0.6 is 0 Å². The molecular formula is C11H12KN3O3S. The van der Waals surface area contributed by atoms with Crippen LogP contribution in [0.5, 0.6) is 0 Å². The maximum atomic E-state index is 10.9. The van der Waals surface area contributed by atoms with E-state index in [1.807, 2.05) is 30.3 Å². The van der Waals surface area contributed by atoms with E-state index < -0.39 is 15.3 Å². The molecule has 0 amide bonds. The smallest absolute Gasteiger partial charge is 0.742 e. The monoisotopic (exact) mass is 305 g/mol. The van der Waals surface area contributed by atoms with E-state index in [1.165, 1.54) is 11.6 Å². The van der Waals surface area contributed by atoms with Crippen LogP contribution in [0.1, 0.15) is 11.4 Å². The first-order chi connectivity index (χ1) is 8.48. The van der Waals surface area contributed by atoms with E-state index in [1.54, 1.807) is 0 Å². The zero-order chi connectivity index (χ0) is 13.2. The summed E-state index contributed by atoms with van der Waals surface area (Å²) in [7, 11) is -3.08. The molecule has 0 saturated heterocycles. The third-order valence-corrected chi connectivity index (χ3v) is 3.43. The minimum absolute atomic E-state index is 0. The Morgan fingerprint density at radius 3 is 2.32 bits per heavy atom. The Balaban J connectivity index is 0.00000180. The van der Waals surface area contributed by atoms with Crippen LogP contribution in [-0.2, 0) is 30.0 Å². The van der Waals surface area contributed by atoms with Gasteiger partial charge in [0.1, 0.15) is 5.82 Å². The molecule has 2 rings (SSSR count). The van der Waals surface area contributed by atoms with Gasteiger partial charge in [-0.3, -0.25) is 0 Å². The number of nitrogens with zero attached hydrogens (tertiary/aromatic N) is 3. The van der Waals surface area contributed by atoms with E-state index in [2.05, 4.69) is 10.2 Å². The summed E-state index contributed by atoms with van der Waals surface area (Å²) in [5.41, 5.74) is 1.12. The second kappa shape index (κ2) is 7.07. The van der Waals surface area contributed by atoms with Crippen molar-refractivity contribution in [2.45, 2.75) is 18.0 Å². The first kappa shape index (κ1) is 17.0. The summed E-state index contributed by atoms with van der Waals surface area (Å²) in [5.74, 6) is 0.480. The fourth-order valence-electron chi connectivity index (χ4n) is 1.68. The van der Waals surface area contributed by atoms with Gasteiger partial charge in [-0.05, 0) is 12.0 Å². The quantitative estimate of drug-likeness (QED) is 0.461. The largest absolute Gasteiger partial charge is 1.00 e. The minimum atomic E-state index is -4.56. The molecule has 0 saturated carbocycles. The molecule has 19 heavy (non-hydrogen) atoms. The summed E-state index contributed by atoms with van der Waals surface area (Å²) in [6, 6.07) is 9.73. The maximum absolute atomic E-state index is 10.9. The SMILES string of the molecule is Cn1c(CCc2ccccc2)nnc1S(=O)(=O)[O-].[K+]. The molecule has 96 valence electrons. The number of rotatable bonds is 4. The fraction of sp³-hybridized carbons (Fsp3) is 0.273. The summed E-state index contributed by atoms with van der Waals surface area (Å²) in [6.45, 7) is 0. The van der Waals surface area contributed by atoms with Crippen LogP contribution < -0.4 is 51.4 Å². The zero-order valence-corrected chi connectivity index (χ0v) is 14.7. The standard InChI is InChI=1S/C11H13N3O3S.K/c1-14-10(12-13-11(14)18(15,16)17)8-7-9-5-3-2-4-6-9;/h2-6H,7-8H2,1H3,(H,15,16,17);/q;+1/p-1. The van der Waals surface area contributed by atoms with Gasteiger partial charge in [-0.1, -0.05) is 30.3 Å². The normalized spacial score (nSPS) is 11.1. The van der Waals surface area contributed by atoms with Crippen molar-refractivity contribution in [3.05, 3.63) is 41.7 Å². The predicted octanol–water partition coefficient (Wildman–Crippen LogP) is -2.49. The van der Waals surface area contributed by atoms with Gasteiger partial charge >= 0.3 is 51.4 Å². The summed E-state index contributed by atoms with van der Waals surface area (Å²) < 4.78 is 33.8. The fourth-order valence-corrected chi connectivity index (χ4v) is 2.26. The van der Waals surface area contributed by atoms with Crippen molar-refractivity contribution in [1.29, 1.82) is 0 Å². The van der Waals surface area contributed by atoms with E-state index in [9.17, 15) is 13.0 Å². The molecule has 0 bridgehead atoms. The second-order valence-electron chi connectivity index (χ2n) is 3.90. The van der Waals surface area contributed by atoms with Crippen LogP contribution in [0.2, 0.25) is 0 Å². The molecule has 1 aromatic carbocycles. The van der Waals surface area contributed by atoms with Gasteiger partial charge in [0, 0.05) is 13.5 Å². The molecule has 0 N–H and O–H groups in total. The van der Waals surface area contributed by atoms with Crippen molar-refractivity contribution >= 4 is 10.1 Å². The van der Waals surface area contributed by atoms with Crippen molar-refractivity contribution in [3.8, 4) is 0 Å². The average molecular weight is 305 g/mol. The molecule has 0 atom stereocenters. The van der Waals surface area contributed by atoms with Gasteiger partial charge in [-0.2, -0.15) is 0 Å². The van der Waals surface area contributed by atoms with E-state index in [-0.39, 0.29) is 51.4 Å². The van der Waals surface area contributed by atoms with Crippen LogP contribution in [0.3, 0.4) is 0 Å². The number of hydrogen-bond donors (Lipinski definition) is 0. The third kappa shape index (κ3) is 4.45. The van der Waals surface area contributed by atoms with Crippen molar-refractivity contribution in [2.24, 2.45) is 7.05 Å². The molecule has 8 heteroatoms. The Morgan fingerprint density at radius 2 is 1.79 bits per heavy atom. The Morgan fingerprint density at radius 1 is 1.16 bits per heavy atom. The summed E-state index contributed by atoms with van der Waals surface area (Å²) in [5, 5.41) is 6.61. The summed E-state index contributed by atoms with van der Waals surface area (Å²) in [4.78, 5) is 0. The Hall–Kier alpha value is -0.0936. The van der Waals surface area contributed by atoms with Crippen LogP contribution in [0.15, 0.2) is 35.5 Å². The van der Waals surface area contributed by atoms with Crippen molar-refractivity contribution in [1.82, 2.24) is 14.8 Å². The molecule has 0 aliphatic heterocycles. The molecule has 2 aromatic rings. The summed E-state index contributed by atoms with van der Waals surface area (Å²) in [6.07, 6.45) is 1.24. The Labute approximate surface area is 154 Å². The molecule has 0 aliphatic rings. The van der Waals surface area contributed by atoms with Gasteiger partial charge in [0.05, 0.1) is 0 Å². The van der Waals surface area contributed by atoms with E-state index >= 15 is 0 Å². The molecule has 0 fully saturated rings. The average Bonchev–Trinajstić information content (AvgIpc) is 2.69. The van der Waals surface area contributed by atoms with Crippen LogP contribution in [0, 0.1) is 0 Å². The van der Waals surface area contributed by atoms with Gasteiger partial charge in [0.2, 0.25) is 5.16 Å². The minimum Gasteiger partial charge on any atom is -0.742 e. The van der Waals surface area contributed by atoms with Crippen LogP contribution in [0.4, 0.5) is 0 Å². The van der Waals surface area contributed by atoms with Crippen molar-refractivity contribution in [2.75, 3.05) is 0 Å². The van der Waals surface area contributed by atoms with Gasteiger partial charge in [-0.15, -0.1) is 10.2 Å². The number of aryl methyl sites for hydroxylation is 2. The number of benzene rings is 1.